The second-order valence-corrected chi connectivity index (χ2v) is 7.11. The lowest BCUT2D eigenvalue weighted by atomic mass is 10.2. The summed E-state index contributed by atoms with van der Waals surface area (Å²) in [5, 5.41) is 0. The van der Waals surface area contributed by atoms with E-state index in [4.69, 9.17) is 18.9 Å². The predicted octanol–water partition coefficient (Wildman–Crippen LogP) is 3.83. The number of carbonyl (C=O) groups excluding carboxylic acids is 4. The summed E-state index contributed by atoms with van der Waals surface area (Å²) in [5.41, 5.74) is 0.781. The van der Waals surface area contributed by atoms with Gasteiger partial charge in [0.2, 0.25) is 0 Å². The van der Waals surface area contributed by atoms with E-state index < -0.39 is 23.9 Å². The Morgan fingerprint density at radius 3 is 2.00 bits per heavy atom. The van der Waals surface area contributed by atoms with Crippen LogP contribution in [0.2, 0.25) is 0 Å². The molecule has 0 radical (unpaired) electrons. The minimum atomic E-state index is -0.652. The maximum absolute atomic E-state index is 12.0. The Morgan fingerprint density at radius 1 is 0.833 bits per heavy atom. The lowest BCUT2D eigenvalue weighted by Gasteiger charge is -2.08. The minimum Gasteiger partial charge on any atom is -0.493 e. The summed E-state index contributed by atoms with van der Waals surface area (Å²) in [5.74, 6) is -1.16. The van der Waals surface area contributed by atoms with Gasteiger partial charge in [0.1, 0.15) is 17.2 Å². The Hall–Kier alpha value is -4.66. The molecule has 0 saturated carbocycles. The summed E-state index contributed by atoms with van der Waals surface area (Å²) in [7, 11) is 1.23. The van der Waals surface area contributed by atoms with E-state index in [1.54, 1.807) is 30.3 Å². The molecule has 0 fully saturated rings. The Morgan fingerprint density at radius 2 is 1.42 bits per heavy atom. The molecule has 0 amide bonds. The van der Waals surface area contributed by atoms with Crippen LogP contribution in [0.15, 0.2) is 79.4 Å². The fourth-order valence-electron chi connectivity index (χ4n) is 2.56. The normalized spacial score (nSPS) is 10.2. The largest absolute Gasteiger partial charge is 0.493 e. The molecule has 0 heterocycles. The standard InChI is InChI=1S/C27H26O9/c1-4-24(28)35-22-11-13-23(14-12-22)36-25(29)15-8-20-6-9-21(10-7-20)33-16-5-17-34-27(31)19(2)18-26(30)32-3/h4,6-15H,1-2,5,16-18H2,3H3/b15-8+. The second-order valence-electron chi connectivity index (χ2n) is 7.11. The topological polar surface area (TPSA) is 114 Å². The van der Waals surface area contributed by atoms with E-state index in [0.29, 0.717) is 30.3 Å². The zero-order chi connectivity index (χ0) is 26.3. The van der Waals surface area contributed by atoms with Crippen molar-refractivity contribution in [2.75, 3.05) is 20.3 Å². The van der Waals surface area contributed by atoms with Crippen LogP contribution in [0.4, 0.5) is 0 Å². The monoisotopic (exact) mass is 494 g/mol. The smallest absolute Gasteiger partial charge is 0.336 e. The van der Waals surface area contributed by atoms with E-state index in [0.717, 1.165) is 11.6 Å². The summed E-state index contributed by atoms with van der Waals surface area (Å²) in [4.78, 5) is 46.0. The van der Waals surface area contributed by atoms with Gasteiger partial charge in [0.05, 0.1) is 26.7 Å². The van der Waals surface area contributed by atoms with Gasteiger partial charge in [0.15, 0.2) is 0 Å². The molecule has 9 heteroatoms. The van der Waals surface area contributed by atoms with Crippen LogP contribution in [0.3, 0.4) is 0 Å². The summed E-state index contributed by atoms with van der Waals surface area (Å²) in [6, 6.07) is 13.0. The molecule has 0 spiro atoms. The number of methoxy groups -OCH3 is 1. The van der Waals surface area contributed by atoms with Crippen molar-refractivity contribution in [1.29, 1.82) is 0 Å². The molecule has 2 aromatic rings. The molecule has 0 aliphatic rings. The van der Waals surface area contributed by atoms with Crippen LogP contribution in [0.5, 0.6) is 17.2 Å². The molecular weight excluding hydrogens is 468 g/mol. The number of esters is 4. The van der Waals surface area contributed by atoms with Crippen molar-refractivity contribution >= 4 is 30.0 Å². The number of hydrogen-bond acceptors (Lipinski definition) is 9. The van der Waals surface area contributed by atoms with Gasteiger partial charge in [-0.15, -0.1) is 0 Å². The third kappa shape index (κ3) is 10.1. The lowest BCUT2D eigenvalue weighted by Crippen LogP contribution is -2.13. The Labute approximate surface area is 208 Å². The molecule has 2 rings (SSSR count). The highest BCUT2D eigenvalue weighted by Gasteiger charge is 2.13. The molecule has 0 bridgehead atoms. The SMILES string of the molecule is C=CC(=O)Oc1ccc(OC(=O)/C=C/c2ccc(OCCCOC(=O)C(=C)CC(=O)OC)cc2)cc1. The molecule has 9 nitrogen and oxygen atoms in total. The first-order valence-corrected chi connectivity index (χ1v) is 10.8. The minimum absolute atomic E-state index is 0.0275. The molecule has 0 unspecified atom stereocenters. The van der Waals surface area contributed by atoms with E-state index in [1.165, 1.54) is 37.5 Å². The molecule has 0 saturated heterocycles. The lowest BCUT2D eigenvalue weighted by molar-refractivity contribution is -0.144. The summed E-state index contributed by atoms with van der Waals surface area (Å²) >= 11 is 0. The zero-order valence-corrected chi connectivity index (χ0v) is 19.8. The zero-order valence-electron chi connectivity index (χ0n) is 19.8. The molecule has 188 valence electrons. The van der Waals surface area contributed by atoms with Gasteiger partial charge in [-0.2, -0.15) is 0 Å². The van der Waals surface area contributed by atoms with Gasteiger partial charge >= 0.3 is 23.9 Å². The second kappa shape index (κ2) is 14.6. The number of ether oxygens (including phenoxy) is 5. The van der Waals surface area contributed by atoms with E-state index in [-0.39, 0.29) is 18.6 Å². The van der Waals surface area contributed by atoms with Gasteiger partial charge in [-0.05, 0) is 48.0 Å². The maximum atomic E-state index is 12.0. The molecule has 2 aromatic carbocycles. The predicted molar refractivity (Wildman–Crippen MR) is 130 cm³/mol. The number of benzene rings is 2. The highest BCUT2D eigenvalue weighted by molar-refractivity contribution is 5.93. The van der Waals surface area contributed by atoms with Crippen molar-refractivity contribution in [1.82, 2.24) is 0 Å². The van der Waals surface area contributed by atoms with E-state index in [2.05, 4.69) is 17.9 Å². The fourth-order valence-corrected chi connectivity index (χ4v) is 2.56. The van der Waals surface area contributed by atoms with E-state index in [9.17, 15) is 19.2 Å². The fraction of sp³-hybridized carbons (Fsp3) is 0.185. The van der Waals surface area contributed by atoms with Crippen LogP contribution in [-0.2, 0) is 28.7 Å². The Balaban J connectivity index is 1.70. The van der Waals surface area contributed by atoms with Gasteiger partial charge in [0, 0.05) is 24.1 Å². The van der Waals surface area contributed by atoms with Crippen molar-refractivity contribution < 1.29 is 42.9 Å². The van der Waals surface area contributed by atoms with Crippen molar-refractivity contribution in [3.05, 3.63) is 85.0 Å². The van der Waals surface area contributed by atoms with Crippen LogP contribution in [0.1, 0.15) is 18.4 Å². The quantitative estimate of drug-likeness (QED) is 0.177. The first-order chi connectivity index (χ1) is 17.3. The molecule has 0 aliphatic heterocycles. The van der Waals surface area contributed by atoms with Crippen molar-refractivity contribution in [2.45, 2.75) is 12.8 Å². The van der Waals surface area contributed by atoms with Crippen molar-refractivity contribution in [3.63, 3.8) is 0 Å². The van der Waals surface area contributed by atoms with Gasteiger partial charge in [-0.3, -0.25) is 4.79 Å². The molecule has 0 N–H and O–H groups in total. The van der Waals surface area contributed by atoms with Gasteiger partial charge < -0.3 is 23.7 Å². The van der Waals surface area contributed by atoms with Crippen LogP contribution in [-0.4, -0.2) is 44.2 Å². The first-order valence-electron chi connectivity index (χ1n) is 10.8. The molecular formula is C27H26O9. The number of hydrogen-bond donors (Lipinski definition) is 0. The third-order valence-corrected chi connectivity index (χ3v) is 4.38. The number of rotatable bonds is 13. The number of carbonyl (C=O) groups is 4. The average molecular weight is 494 g/mol. The molecule has 36 heavy (non-hydrogen) atoms. The third-order valence-electron chi connectivity index (χ3n) is 4.38. The molecule has 0 aromatic heterocycles. The summed E-state index contributed by atoms with van der Waals surface area (Å²) < 4.78 is 25.2. The van der Waals surface area contributed by atoms with Crippen molar-refractivity contribution in [2.24, 2.45) is 0 Å². The highest BCUT2D eigenvalue weighted by Crippen LogP contribution is 2.18. The first kappa shape index (κ1) is 27.6. The molecule has 0 atom stereocenters. The summed E-state index contributed by atoms with van der Waals surface area (Å²) in [6.07, 6.45) is 4.15. The van der Waals surface area contributed by atoms with Gasteiger partial charge in [-0.25, -0.2) is 14.4 Å². The van der Waals surface area contributed by atoms with E-state index >= 15 is 0 Å². The molecule has 0 aliphatic carbocycles. The van der Waals surface area contributed by atoms with Gasteiger partial charge in [0.25, 0.3) is 0 Å². The highest BCUT2D eigenvalue weighted by atomic mass is 16.5. The Kier molecular flexibility index (Phi) is 11.2. The Bertz CT molecular complexity index is 1110. The van der Waals surface area contributed by atoms with Crippen LogP contribution < -0.4 is 14.2 Å². The van der Waals surface area contributed by atoms with Crippen LogP contribution >= 0.6 is 0 Å². The van der Waals surface area contributed by atoms with Gasteiger partial charge in [-0.1, -0.05) is 25.3 Å². The van der Waals surface area contributed by atoms with Crippen LogP contribution in [0, 0.1) is 0 Å². The average Bonchev–Trinajstić information content (AvgIpc) is 2.88. The van der Waals surface area contributed by atoms with Crippen LogP contribution in [0.25, 0.3) is 6.08 Å². The summed E-state index contributed by atoms with van der Waals surface area (Å²) in [6.45, 7) is 7.24. The van der Waals surface area contributed by atoms with Crippen molar-refractivity contribution in [3.8, 4) is 17.2 Å². The maximum Gasteiger partial charge on any atom is 0.336 e. The van der Waals surface area contributed by atoms with E-state index in [1.807, 2.05) is 0 Å².